The van der Waals surface area contributed by atoms with E-state index in [9.17, 15) is 0 Å². The Morgan fingerprint density at radius 3 is 1.46 bits per heavy atom. The summed E-state index contributed by atoms with van der Waals surface area (Å²) in [6, 6.07) is 8.80. The van der Waals surface area contributed by atoms with Crippen molar-refractivity contribution in [3.8, 4) is 0 Å². The topological polar surface area (TPSA) is 0 Å². The van der Waals surface area contributed by atoms with Crippen LogP contribution in [0.5, 0.6) is 0 Å². The molecule has 1 atom stereocenters. The van der Waals surface area contributed by atoms with Crippen molar-refractivity contribution in [2.45, 2.75) is 134 Å². The number of hydrogen-bond donors (Lipinski definition) is 0. The molecule has 0 heterocycles. The number of rotatable bonds is 18. The van der Waals surface area contributed by atoms with Crippen LogP contribution in [0.15, 0.2) is 24.3 Å². The van der Waals surface area contributed by atoms with E-state index in [1.54, 1.807) is 0 Å². The first-order chi connectivity index (χ1) is 13.6. The number of unbranched alkanes of at least 4 members (excludes halogenated alkanes) is 15. The molecular formula is C27H47Br. The van der Waals surface area contributed by atoms with E-state index in [1.807, 2.05) is 0 Å². The van der Waals surface area contributed by atoms with Gasteiger partial charge in [-0.3, -0.25) is 0 Å². The molecule has 0 fully saturated rings. The summed E-state index contributed by atoms with van der Waals surface area (Å²) in [4.78, 5) is 0. The molecule has 0 radical (unpaired) electrons. The first kappa shape index (κ1) is 25.7. The van der Waals surface area contributed by atoms with E-state index < -0.39 is 0 Å². The van der Waals surface area contributed by atoms with Crippen LogP contribution in [0.4, 0.5) is 0 Å². The molecule has 0 bridgehead atoms. The van der Waals surface area contributed by atoms with Crippen LogP contribution in [0, 0.1) is 6.92 Å². The summed E-state index contributed by atoms with van der Waals surface area (Å²) in [6.07, 6.45) is 24.2. The highest BCUT2D eigenvalue weighted by molar-refractivity contribution is 9.09. The van der Waals surface area contributed by atoms with Gasteiger partial charge in [-0.15, -0.1) is 0 Å². The predicted octanol–water partition coefficient (Wildman–Crippen LogP) is 10.3. The minimum Gasteiger partial charge on any atom is -0.0804 e. The standard InChI is InChI=1S/C27H47Br/c1-4-5-6-7-8-9-10-11-12-13-14-15-16-17-18-21-24-27(3,28)26-23-20-19-22-25(26)2/h19-20,22-23H,4-18,21,24H2,1-3H3. The van der Waals surface area contributed by atoms with Gasteiger partial charge in [0.2, 0.25) is 0 Å². The van der Waals surface area contributed by atoms with E-state index in [1.165, 1.54) is 120 Å². The van der Waals surface area contributed by atoms with Crippen LogP contribution < -0.4 is 0 Å². The zero-order valence-electron chi connectivity index (χ0n) is 19.2. The largest absolute Gasteiger partial charge is 0.0804 e. The fourth-order valence-corrected chi connectivity index (χ4v) is 5.02. The lowest BCUT2D eigenvalue weighted by Crippen LogP contribution is -2.14. The normalized spacial score (nSPS) is 13.6. The van der Waals surface area contributed by atoms with Crippen LogP contribution in [-0.4, -0.2) is 0 Å². The van der Waals surface area contributed by atoms with Gasteiger partial charge in [0.05, 0.1) is 0 Å². The maximum absolute atomic E-state index is 3.99. The summed E-state index contributed by atoms with van der Waals surface area (Å²) in [5.74, 6) is 0. The number of aryl methyl sites for hydroxylation is 1. The molecule has 162 valence electrons. The average molecular weight is 452 g/mol. The van der Waals surface area contributed by atoms with Gasteiger partial charge in [0.15, 0.2) is 0 Å². The van der Waals surface area contributed by atoms with Gasteiger partial charge < -0.3 is 0 Å². The Hall–Kier alpha value is -0.300. The number of benzene rings is 1. The number of halogens is 1. The van der Waals surface area contributed by atoms with Crippen molar-refractivity contribution < 1.29 is 0 Å². The highest BCUT2D eigenvalue weighted by Crippen LogP contribution is 2.37. The highest BCUT2D eigenvalue weighted by atomic mass is 79.9. The third-order valence-electron chi connectivity index (χ3n) is 6.21. The summed E-state index contributed by atoms with van der Waals surface area (Å²) in [6.45, 7) is 6.86. The van der Waals surface area contributed by atoms with E-state index >= 15 is 0 Å². The Kier molecular flexibility index (Phi) is 15.2. The van der Waals surface area contributed by atoms with Crippen LogP contribution >= 0.6 is 15.9 Å². The molecule has 1 aromatic rings. The Balaban J connectivity index is 1.89. The molecule has 0 saturated carbocycles. The van der Waals surface area contributed by atoms with Crippen LogP contribution in [0.3, 0.4) is 0 Å². The minimum atomic E-state index is 0.133. The van der Waals surface area contributed by atoms with Crippen molar-refractivity contribution in [3.05, 3.63) is 35.4 Å². The van der Waals surface area contributed by atoms with E-state index in [4.69, 9.17) is 0 Å². The van der Waals surface area contributed by atoms with Gasteiger partial charge in [0.1, 0.15) is 0 Å². The molecule has 0 amide bonds. The number of alkyl halides is 1. The van der Waals surface area contributed by atoms with Crippen molar-refractivity contribution in [2.75, 3.05) is 0 Å². The second-order valence-electron chi connectivity index (χ2n) is 9.07. The predicted molar refractivity (Wildman–Crippen MR) is 132 cm³/mol. The van der Waals surface area contributed by atoms with E-state index in [0.717, 1.165) is 0 Å². The molecule has 0 aliphatic carbocycles. The molecule has 0 nitrogen and oxygen atoms in total. The molecule has 0 aliphatic rings. The molecule has 28 heavy (non-hydrogen) atoms. The third-order valence-corrected chi connectivity index (χ3v) is 7.03. The maximum Gasteiger partial charge on any atom is 0.0480 e. The first-order valence-corrected chi connectivity index (χ1v) is 13.1. The van der Waals surface area contributed by atoms with Crippen LogP contribution in [0.25, 0.3) is 0 Å². The smallest absolute Gasteiger partial charge is 0.0480 e. The zero-order chi connectivity index (χ0) is 20.5. The van der Waals surface area contributed by atoms with Crippen molar-refractivity contribution in [1.29, 1.82) is 0 Å². The summed E-state index contributed by atoms with van der Waals surface area (Å²) in [7, 11) is 0. The Labute approximate surface area is 185 Å². The zero-order valence-corrected chi connectivity index (χ0v) is 20.8. The van der Waals surface area contributed by atoms with Gasteiger partial charge in [-0.25, -0.2) is 0 Å². The van der Waals surface area contributed by atoms with Gasteiger partial charge in [-0.1, -0.05) is 150 Å². The molecule has 0 N–H and O–H groups in total. The van der Waals surface area contributed by atoms with E-state index in [-0.39, 0.29) is 4.32 Å². The lowest BCUT2D eigenvalue weighted by Gasteiger charge is -2.25. The van der Waals surface area contributed by atoms with Gasteiger partial charge in [-0.2, -0.15) is 0 Å². The average Bonchev–Trinajstić information content (AvgIpc) is 2.68. The van der Waals surface area contributed by atoms with Crippen LogP contribution in [-0.2, 0) is 4.32 Å². The molecule has 0 saturated heterocycles. The second-order valence-corrected chi connectivity index (χ2v) is 10.8. The second kappa shape index (κ2) is 16.5. The van der Waals surface area contributed by atoms with Crippen molar-refractivity contribution >= 4 is 15.9 Å². The summed E-state index contributed by atoms with van der Waals surface area (Å²) < 4.78 is 0.133. The van der Waals surface area contributed by atoms with E-state index in [2.05, 4.69) is 61.0 Å². The molecule has 0 aromatic heterocycles. The van der Waals surface area contributed by atoms with Gasteiger partial charge >= 0.3 is 0 Å². The fraction of sp³-hybridized carbons (Fsp3) is 0.778. The third kappa shape index (κ3) is 12.3. The molecule has 1 unspecified atom stereocenters. The number of hydrogen-bond acceptors (Lipinski definition) is 0. The Morgan fingerprint density at radius 2 is 1.04 bits per heavy atom. The van der Waals surface area contributed by atoms with Gasteiger partial charge in [0.25, 0.3) is 0 Å². The lowest BCUT2D eigenvalue weighted by atomic mass is 9.91. The van der Waals surface area contributed by atoms with E-state index in [0.29, 0.717) is 0 Å². The molecule has 1 heteroatoms. The molecule has 1 aromatic carbocycles. The Bertz CT molecular complexity index is 477. The summed E-state index contributed by atoms with van der Waals surface area (Å²) in [5, 5.41) is 0. The monoisotopic (exact) mass is 450 g/mol. The molecule has 0 aliphatic heterocycles. The quantitative estimate of drug-likeness (QED) is 0.154. The highest BCUT2D eigenvalue weighted by Gasteiger charge is 2.23. The van der Waals surface area contributed by atoms with Crippen molar-refractivity contribution in [3.63, 3.8) is 0 Å². The molecule has 1 rings (SSSR count). The molecule has 0 spiro atoms. The summed E-state index contributed by atoms with van der Waals surface area (Å²) in [5.41, 5.74) is 2.86. The van der Waals surface area contributed by atoms with Crippen molar-refractivity contribution in [1.82, 2.24) is 0 Å². The van der Waals surface area contributed by atoms with Crippen molar-refractivity contribution in [2.24, 2.45) is 0 Å². The van der Waals surface area contributed by atoms with Crippen LogP contribution in [0.2, 0.25) is 0 Å². The first-order valence-electron chi connectivity index (χ1n) is 12.3. The van der Waals surface area contributed by atoms with Crippen LogP contribution in [0.1, 0.15) is 134 Å². The van der Waals surface area contributed by atoms with Gasteiger partial charge in [-0.05, 0) is 31.4 Å². The fourth-order valence-electron chi connectivity index (χ4n) is 4.30. The van der Waals surface area contributed by atoms with Gasteiger partial charge in [0, 0.05) is 4.32 Å². The minimum absolute atomic E-state index is 0.133. The molecular weight excluding hydrogens is 404 g/mol. The lowest BCUT2D eigenvalue weighted by molar-refractivity contribution is 0.514. The SMILES string of the molecule is CCCCCCCCCCCCCCCCCCC(C)(Br)c1ccccc1C. The summed E-state index contributed by atoms with van der Waals surface area (Å²) >= 11 is 3.99. The Morgan fingerprint density at radius 1 is 0.643 bits per heavy atom. The maximum atomic E-state index is 3.99.